The molecule has 1 saturated heterocycles. The molecule has 18 heavy (non-hydrogen) atoms. The third kappa shape index (κ3) is 2.57. The SMILES string of the molecule is OC1(Cc2nc([C@@H]3CCCO3)no2)CCCCC1. The van der Waals surface area contributed by atoms with E-state index in [-0.39, 0.29) is 6.10 Å². The smallest absolute Gasteiger partial charge is 0.229 e. The second kappa shape index (κ2) is 4.97. The minimum Gasteiger partial charge on any atom is -0.389 e. The third-order valence-corrected chi connectivity index (χ3v) is 3.97. The van der Waals surface area contributed by atoms with E-state index in [0.29, 0.717) is 18.1 Å². The Morgan fingerprint density at radius 1 is 1.22 bits per heavy atom. The molecule has 1 aliphatic carbocycles. The molecule has 5 heteroatoms. The monoisotopic (exact) mass is 252 g/mol. The van der Waals surface area contributed by atoms with Crippen molar-refractivity contribution in [1.29, 1.82) is 0 Å². The second-order valence-electron chi connectivity index (χ2n) is 5.51. The lowest BCUT2D eigenvalue weighted by atomic mass is 9.82. The van der Waals surface area contributed by atoms with Gasteiger partial charge in [0.15, 0.2) is 0 Å². The summed E-state index contributed by atoms with van der Waals surface area (Å²) in [6.07, 6.45) is 7.55. The number of nitrogens with zero attached hydrogens (tertiary/aromatic N) is 2. The third-order valence-electron chi connectivity index (χ3n) is 3.97. The molecule has 1 N–H and O–H groups in total. The van der Waals surface area contributed by atoms with E-state index in [1.165, 1.54) is 6.42 Å². The summed E-state index contributed by atoms with van der Waals surface area (Å²) in [5.41, 5.74) is -0.640. The van der Waals surface area contributed by atoms with Gasteiger partial charge in [0, 0.05) is 6.61 Å². The average molecular weight is 252 g/mol. The van der Waals surface area contributed by atoms with Crippen LogP contribution in [0.3, 0.4) is 0 Å². The highest BCUT2D eigenvalue weighted by Gasteiger charge is 2.32. The molecule has 0 unspecified atom stereocenters. The first kappa shape index (κ1) is 12.1. The predicted octanol–water partition coefficient (Wildman–Crippen LogP) is 2.16. The van der Waals surface area contributed by atoms with Gasteiger partial charge in [0.1, 0.15) is 6.10 Å². The molecule has 1 aromatic rings. The highest BCUT2D eigenvalue weighted by atomic mass is 16.5. The van der Waals surface area contributed by atoms with Crippen molar-refractivity contribution in [3.8, 4) is 0 Å². The van der Waals surface area contributed by atoms with E-state index in [1.54, 1.807) is 0 Å². The van der Waals surface area contributed by atoms with E-state index in [4.69, 9.17) is 9.26 Å². The molecule has 2 fully saturated rings. The summed E-state index contributed by atoms with van der Waals surface area (Å²) in [6.45, 7) is 0.776. The number of rotatable bonds is 3. The Balaban J connectivity index is 1.65. The first-order valence-corrected chi connectivity index (χ1v) is 6.92. The van der Waals surface area contributed by atoms with Crippen LogP contribution in [-0.4, -0.2) is 27.5 Å². The van der Waals surface area contributed by atoms with E-state index in [2.05, 4.69) is 10.1 Å². The van der Waals surface area contributed by atoms with Crippen molar-refractivity contribution in [2.24, 2.45) is 0 Å². The number of aromatic nitrogens is 2. The molecule has 0 amide bonds. The maximum Gasteiger partial charge on any atom is 0.229 e. The minimum absolute atomic E-state index is 0.0106. The van der Waals surface area contributed by atoms with E-state index < -0.39 is 5.60 Å². The molecular formula is C13H20N2O3. The zero-order valence-electron chi connectivity index (χ0n) is 10.6. The molecule has 100 valence electrons. The van der Waals surface area contributed by atoms with Gasteiger partial charge in [-0.25, -0.2) is 0 Å². The summed E-state index contributed by atoms with van der Waals surface area (Å²) in [4.78, 5) is 4.37. The van der Waals surface area contributed by atoms with Crippen molar-refractivity contribution in [3.63, 3.8) is 0 Å². The number of ether oxygens (including phenoxy) is 1. The summed E-state index contributed by atoms with van der Waals surface area (Å²) in [5.74, 6) is 1.19. The summed E-state index contributed by atoms with van der Waals surface area (Å²) < 4.78 is 10.8. The van der Waals surface area contributed by atoms with Gasteiger partial charge < -0.3 is 14.4 Å². The van der Waals surface area contributed by atoms with Crippen LogP contribution in [0.5, 0.6) is 0 Å². The van der Waals surface area contributed by atoms with Crippen LogP contribution in [0.15, 0.2) is 4.52 Å². The Labute approximate surface area is 107 Å². The number of hydrogen-bond donors (Lipinski definition) is 1. The zero-order chi connectivity index (χ0) is 12.4. The van der Waals surface area contributed by atoms with Crippen LogP contribution in [0, 0.1) is 0 Å². The Hall–Kier alpha value is -0.940. The maximum absolute atomic E-state index is 10.4. The van der Waals surface area contributed by atoms with Crippen molar-refractivity contribution in [3.05, 3.63) is 11.7 Å². The van der Waals surface area contributed by atoms with Gasteiger partial charge in [-0.15, -0.1) is 0 Å². The number of aliphatic hydroxyl groups is 1. The molecule has 0 radical (unpaired) electrons. The second-order valence-corrected chi connectivity index (χ2v) is 5.51. The van der Waals surface area contributed by atoms with Crippen LogP contribution < -0.4 is 0 Å². The van der Waals surface area contributed by atoms with Gasteiger partial charge >= 0.3 is 0 Å². The van der Waals surface area contributed by atoms with Gasteiger partial charge in [-0.1, -0.05) is 24.4 Å². The maximum atomic E-state index is 10.4. The normalized spacial score (nSPS) is 27.5. The lowest BCUT2D eigenvalue weighted by Crippen LogP contribution is -2.33. The Morgan fingerprint density at radius 2 is 2.06 bits per heavy atom. The van der Waals surface area contributed by atoms with Crippen molar-refractivity contribution >= 4 is 0 Å². The van der Waals surface area contributed by atoms with Crippen LogP contribution in [0.25, 0.3) is 0 Å². The molecule has 1 aliphatic heterocycles. The van der Waals surface area contributed by atoms with Crippen molar-refractivity contribution in [1.82, 2.24) is 10.1 Å². The molecule has 1 atom stereocenters. The van der Waals surface area contributed by atoms with Crippen molar-refractivity contribution in [2.45, 2.75) is 63.1 Å². The molecule has 2 aliphatic rings. The molecule has 0 spiro atoms. The van der Waals surface area contributed by atoms with Gasteiger partial charge in [-0.2, -0.15) is 4.98 Å². The van der Waals surface area contributed by atoms with Gasteiger partial charge in [-0.3, -0.25) is 0 Å². The van der Waals surface area contributed by atoms with Gasteiger partial charge in [0.2, 0.25) is 11.7 Å². The topological polar surface area (TPSA) is 68.4 Å². The van der Waals surface area contributed by atoms with Gasteiger partial charge in [-0.05, 0) is 25.7 Å². The van der Waals surface area contributed by atoms with E-state index in [9.17, 15) is 5.11 Å². The van der Waals surface area contributed by atoms with Crippen LogP contribution >= 0.6 is 0 Å². The molecular weight excluding hydrogens is 232 g/mol. The summed E-state index contributed by atoms with van der Waals surface area (Å²) in [6, 6.07) is 0. The fourth-order valence-electron chi connectivity index (χ4n) is 2.92. The van der Waals surface area contributed by atoms with Crippen LogP contribution in [0.4, 0.5) is 0 Å². The Bertz CT molecular complexity index is 393. The molecule has 3 rings (SSSR count). The first-order chi connectivity index (χ1) is 8.75. The van der Waals surface area contributed by atoms with Crippen LogP contribution in [0.1, 0.15) is 62.8 Å². The quantitative estimate of drug-likeness (QED) is 0.892. The zero-order valence-corrected chi connectivity index (χ0v) is 10.6. The lowest BCUT2D eigenvalue weighted by molar-refractivity contribution is -0.00181. The average Bonchev–Trinajstić information content (AvgIpc) is 2.99. The molecule has 0 aromatic carbocycles. The number of hydrogen-bond acceptors (Lipinski definition) is 5. The van der Waals surface area contributed by atoms with Crippen molar-refractivity contribution < 1.29 is 14.4 Å². The Morgan fingerprint density at radius 3 is 2.78 bits per heavy atom. The highest BCUT2D eigenvalue weighted by Crippen LogP contribution is 2.32. The summed E-state index contributed by atoms with van der Waals surface area (Å²) >= 11 is 0. The molecule has 1 aromatic heterocycles. The molecule has 2 heterocycles. The lowest BCUT2D eigenvalue weighted by Gasteiger charge is -2.30. The summed E-state index contributed by atoms with van der Waals surface area (Å²) in [5, 5.41) is 14.4. The fourth-order valence-corrected chi connectivity index (χ4v) is 2.92. The van der Waals surface area contributed by atoms with E-state index in [1.807, 2.05) is 0 Å². The predicted molar refractivity (Wildman–Crippen MR) is 64.0 cm³/mol. The van der Waals surface area contributed by atoms with Crippen molar-refractivity contribution in [2.75, 3.05) is 6.61 Å². The fraction of sp³-hybridized carbons (Fsp3) is 0.846. The van der Waals surface area contributed by atoms with Crippen LogP contribution in [-0.2, 0) is 11.2 Å². The first-order valence-electron chi connectivity index (χ1n) is 6.92. The minimum atomic E-state index is -0.640. The van der Waals surface area contributed by atoms with E-state index >= 15 is 0 Å². The standard InChI is InChI=1S/C13H20N2O3/c16-13(6-2-1-3-7-13)9-11-14-12(15-18-11)10-5-4-8-17-10/h10,16H,1-9H2/t10-/m0/s1. The van der Waals surface area contributed by atoms with Gasteiger partial charge in [0.05, 0.1) is 12.0 Å². The molecule has 5 nitrogen and oxygen atoms in total. The summed E-state index contributed by atoms with van der Waals surface area (Å²) in [7, 11) is 0. The molecule has 0 bridgehead atoms. The molecule has 1 saturated carbocycles. The Kier molecular flexibility index (Phi) is 3.35. The highest BCUT2D eigenvalue weighted by molar-refractivity contribution is 4.97. The van der Waals surface area contributed by atoms with Gasteiger partial charge in [0.25, 0.3) is 0 Å². The largest absolute Gasteiger partial charge is 0.389 e. The van der Waals surface area contributed by atoms with E-state index in [0.717, 1.165) is 45.1 Å². The van der Waals surface area contributed by atoms with Crippen LogP contribution in [0.2, 0.25) is 0 Å².